The van der Waals surface area contributed by atoms with E-state index < -0.39 is 0 Å². The SMILES string of the molecule is CSc1nnc(CCCNC(=O)CC(C)C2CCNCC2)n1CC(C)C. The number of carbonyl (C=O) groups excluding carboxylic acids is 1. The molecule has 1 unspecified atom stereocenters. The maximum Gasteiger partial charge on any atom is 0.220 e. The molecule has 1 amide bonds. The second-order valence-electron chi connectivity index (χ2n) is 7.83. The van der Waals surface area contributed by atoms with Gasteiger partial charge in [-0.05, 0) is 56.4 Å². The van der Waals surface area contributed by atoms with E-state index in [9.17, 15) is 4.79 Å². The second kappa shape index (κ2) is 10.9. The van der Waals surface area contributed by atoms with Crippen LogP contribution in [0, 0.1) is 17.8 Å². The molecule has 2 rings (SSSR count). The normalized spacial score (nSPS) is 16.8. The number of rotatable bonds is 10. The fraction of sp³-hybridized carbons (Fsp3) is 0.842. The number of hydrogen-bond acceptors (Lipinski definition) is 5. The molecule has 1 aromatic heterocycles. The van der Waals surface area contributed by atoms with Gasteiger partial charge in [0.05, 0.1) is 0 Å². The smallest absolute Gasteiger partial charge is 0.220 e. The molecule has 0 radical (unpaired) electrons. The van der Waals surface area contributed by atoms with Crippen LogP contribution < -0.4 is 10.6 Å². The van der Waals surface area contributed by atoms with Crippen molar-refractivity contribution in [2.45, 2.75) is 64.6 Å². The maximum absolute atomic E-state index is 12.2. The van der Waals surface area contributed by atoms with Crippen molar-refractivity contribution in [3.05, 3.63) is 5.82 Å². The zero-order valence-electron chi connectivity index (χ0n) is 16.8. The molecular formula is C19H35N5OS. The van der Waals surface area contributed by atoms with Crippen LogP contribution in [-0.4, -0.2) is 46.6 Å². The lowest BCUT2D eigenvalue weighted by molar-refractivity contribution is -0.122. The molecule has 1 aliphatic rings. The first kappa shape index (κ1) is 21.2. The summed E-state index contributed by atoms with van der Waals surface area (Å²) in [4.78, 5) is 12.2. The molecule has 0 saturated carbocycles. The van der Waals surface area contributed by atoms with Crippen LogP contribution in [0.25, 0.3) is 0 Å². The molecule has 1 aliphatic heterocycles. The topological polar surface area (TPSA) is 71.8 Å². The fourth-order valence-electron chi connectivity index (χ4n) is 3.62. The summed E-state index contributed by atoms with van der Waals surface area (Å²) in [5, 5.41) is 16.1. The molecule has 1 fully saturated rings. The van der Waals surface area contributed by atoms with Crippen LogP contribution in [0.15, 0.2) is 5.16 Å². The summed E-state index contributed by atoms with van der Waals surface area (Å²) in [5.74, 6) is 2.92. The lowest BCUT2D eigenvalue weighted by Crippen LogP contribution is -2.33. The second-order valence-corrected chi connectivity index (χ2v) is 8.60. The highest BCUT2D eigenvalue weighted by atomic mass is 32.2. The van der Waals surface area contributed by atoms with Gasteiger partial charge in [-0.2, -0.15) is 0 Å². The minimum absolute atomic E-state index is 0.185. The number of aryl methyl sites for hydroxylation is 1. The Morgan fingerprint density at radius 1 is 1.31 bits per heavy atom. The van der Waals surface area contributed by atoms with E-state index in [0.29, 0.717) is 30.7 Å². The molecule has 0 bridgehead atoms. The molecule has 26 heavy (non-hydrogen) atoms. The molecule has 1 saturated heterocycles. The van der Waals surface area contributed by atoms with Crippen LogP contribution in [0.3, 0.4) is 0 Å². The Hall–Kier alpha value is -1.08. The van der Waals surface area contributed by atoms with Crippen molar-refractivity contribution in [2.24, 2.45) is 17.8 Å². The Morgan fingerprint density at radius 2 is 2.04 bits per heavy atom. The Labute approximate surface area is 162 Å². The third kappa shape index (κ3) is 6.58. The van der Waals surface area contributed by atoms with Crippen molar-refractivity contribution in [3.63, 3.8) is 0 Å². The maximum atomic E-state index is 12.2. The Balaban J connectivity index is 1.71. The first-order valence-electron chi connectivity index (χ1n) is 9.94. The van der Waals surface area contributed by atoms with Gasteiger partial charge in [0.25, 0.3) is 0 Å². The van der Waals surface area contributed by atoms with Crippen LogP contribution in [0.2, 0.25) is 0 Å². The van der Waals surface area contributed by atoms with E-state index >= 15 is 0 Å². The molecule has 7 heteroatoms. The van der Waals surface area contributed by atoms with Crippen LogP contribution in [0.5, 0.6) is 0 Å². The molecule has 0 spiro atoms. The molecule has 2 heterocycles. The molecular weight excluding hydrogens is 346 g/mol. The zero-order valence-corrected chi connectivity index (χ0v) is 17.6. The lowest BCUT2D eigenvalue weighted by atomic mass is 9.84. The molecule has 0 aromatic carbocycles. The van der Waals surface area contributed by atoms with Crippen molar-refractivity contribution >= 4 is 17.7 Å². The van der Waals surface area contributed by atoms with Gasteiger partial charge >= 0.3 is 0 Å². The van der Waals surface area contributed by atoms with Gasteiger partial charge in [-0.25, -0.2) is 0 Å². The van der Waals surface area contributed by atoms with Crippen molar-refractivity contribution in [1.29, 1.82) is 0 Å². The Kier molecular flexibility index (Phi) is 8.91. The van der Waals surface area contributed by atoms with Crippen molar-refractivity contribution in [2.75, 3.05) is 25.9 Å². The third-order valence-electron chi connectivity index (χ3n) is 5.12. The Morgan fingerprint density at radius 3 is 2.69 bits per heavy atom. The van der Waals surface area contributed by atoms with Gasteiger partial charge in [-0.15, -0.1) is 10.2 Å². The predicted octanol–water partition coefficient (Wildman–Crippen LogP) is 2.73. The van der Waals surface area contributed by atoms with E-state index in [1.807, 2.05) is 6.26 Å². The van der Waals surface area contributed by atoms with Crippen molar-refractivity contribution in [3.8, 4) is 0 Å². The van der Waals surface area contributed by atoms with E-state index in [0.717, 1.165) is 43.5 Å². The number of carbonyl (C=O) groups is 1. The molecule has 1 aromatic rings. The van der Waals surface area contributed by atoms with Gasteiger partial charge in [0.15, 0.2) is 5.16 Å². The van der Waals surface area contributed by atoms with E-state index in [2.05, 4.69) is 46.2 Å². The number of hydrogen-bond donors (Lipinski definition) is 2. The standard InChI is InChI=1S/C19H35N5OS/c1-14(2)13-24-17(22-23-19(24)26-4)6-5-9-21-18(25)12-15(3)16-7-10-20-11-8-16/h14-16,20H,5-13H2,1-4H3,(H,21,25). The summed E-state index contributed by atoms with van der Waals surface area (Å²) in [6.45, 7) is 10.5. The summed E-state index contributed by atoms with van der Waals surface area (Å²) in [6.07, 6.45) is 6.82. The summed E-state index contributed by atoms with van der Waals surface area (Å²) in [7, 11) is 0. The minimum atomic E-state index is 0.185. The number of piperidine rings is 1. The summed E-state index contributed by atoms with van der Waals surface area (Å²) >= 11 is 1.64. The van der Waals surface area contributed by atoms with Crippen LogP contribution in [0.1, 0.15) is 52.3 Å². The van der Waals surface area contributed by atoms with Crippen molar-refractivity contribution in [1.82, 2.24) is 25.4 Å². The largest absolute Gasteiger partial charge is 0.356 e. The summed E-state index contributed by atoms with van der Waals surface area (Å²) in [6, 6.07) is 0. The summed E-state index contributed by atoms with van der Waals surface area (Å²) in [5.41, 5.74) is 0. The molecule has 1 atom stereocenters. The molecule has 6 nitrogen and oxygen atoms in total. The van der Waals surface area contributed by atoms with Gasteiger partial charge in [0, 0.05) is 25.9 Å². The van der Waals surface area contributed by atoms with Gasteiger partial charge in [-0.3, -0.25) is 4.79 Å². The van der Waals surface area contributed by atoms with E-state index in [-0.39, 0.29) is 5.91 Å². The van der Waals surface area contributed by atoms with E-state index in [4.69, 9.17) is 0 Å². The van der Waals surface area contributed by atoms with E-state index in [1.165, 1.54) is 12.8 Å². The van der Waals surface area contributed by atoms with Gasteiger partial charge in [-0.1, -0.05) is 32.5 Å². The highest BCUT2D eigenvalue weighted by molar-refractivity contribution is 7.98. The average Bonchev–Trinajstić information content (AvgIpc) is 3.00. The first-order chi connectivity index (χ1) is 12.5. The van der Waals surface area contributed by atoms with Crippen molar-refractivity contribution < 1.29 is 4.79 Å². The monoisotopic (exact) mass is 381 g/mol. The van der Waals surface area contributed by atoms with Gasteiger partial charge in [0.2, 0.25) is 5.91 Å². The fourth-order valence-corrected chi connectivity index (χ4v) is 4.15. The van der Waals surface area contributed by atoms with Crippen LogP contribution in [0.4, 0.5) is 0 Å². The number of amides is 1. The van der Waals surface area contributed by atoms with E-state index in [1.54, 1.807) is 11.8 Å². The molecule has 0 aliphatic carbocycles. The first-order valence-corrected chi connectivity index (χ1v) is 11.2. The molecule has 148 valence electrons. The van der Waals surface area contributed by atoms with Crippen LogP contribution in [-0.2, 0) is 17.8 Å². The van der Waals surface area contributed by atoms with Crippen LogP contribution >= 0.6 is 11.8 Å². The highest BCUT2D eigenvalue weighted by Crippen LogP contribution is 2.24. The number of nitrogens with zero attached hydrogens (tertiary/aromatic N) is 3. The Bertz CT molecular complexity index is 554. The number of aromatic nitrogens is 3. The number of thioether (sulfide) groups is 1. The van der Waals surface area contributed by atoms with Gasteiger partial charge < -0.3 is 15.2 Å². The minimum Gasteiger partial charge on any atom is -0.356 e. The average molecular weight is 382 g/mol. The predicted molar refractivity (Wildman–Crippen MR) is 107 cm³/mol. The highest BCUT2D eigenvalue weighted by Gasteiger charge is 2.21. The molecule has 2 N–H and O–H groups in total. The zero-order chi connectivity index (χ0) is 18.9. The number of nitrogens with one attached hydrogen (secondary N) is 2. The quantitative estimate of drug-likeness (QED) is 0.482. The summed E-state index contributed by atoms with van der Waals surface area (Å²) < 4.78 is 2.22. The third-order valence-corrected chi connectivity index (χ3v) is 5.79. The van der Waals surface area contributed by atoms with Gasteiger partial charge in [0.1, 0.15) is 5.82 Å². The lowest BCUT2D eigenvalue weighted by Gasteiger charge is -2.27.